The molecule has 9 heteroatoms. The number of aromatic nitrogens is 2. The summed E-state index contributed by atoms with van der Waals surface area (Å²) in [5.74, 6) is 1.31. The molecule has 1 unspecified atom stereocenters. The lowest BCUT2D eigenvalue weighted by atomic mass is 10.1. The number of nitrogens with zero attached hydrogens (tertiary/aromatic N) is 3. The van der Waals surface area contributed by atoms with E-state index in [9.17, 15) is 9.59 Å². The summed E-state index contributed by atoms with van der Waals surface area (Å²) in [6.07, 6.45) is 3.55. The normalized spacial score (nSPS) is 17.8. The molecule has 0 bridgehead atoms. The lowest BCUT2D eigenvalue weighted by molar-refractivity contribution is -0.140. The first-order valence-electron chi connectivity index (χ1n) is 7.57. The number of thioether (sulfide) groups is 1. The second kappa shape index (κ2) is 7.52. The summed E-state index contributed by atoms with van der Waals surface area (Å²) in [6.45, 7) is 0.575. The van der Waals surface area contributed by atoms with Gasteiger partial charge in [0, 0.05) is 30.9 Å². The third-order valence-corrected chi connectivity index (χ3v) is 4.85. The molecule has 0 spiro atoms. The molecule has 8 nitrogen and oxygen atoms in total. The number of furan rings is 1. The molecule has 0 saturated carbocycles. The van der Waals surface area contributed by atoms with Gasteiger partial charge < -0.3 is 18.9 Å². The van der Waals surface area contributed by atoms with Crippen LogP contribution in [0, 0.1) is 0 Å². The molecule has 128 valence electrons. The van der Waals surface area contributed by atoms with Crippen LogP contribution in [0.1, 0.15) is 18.7 Å². The third-order valence-electron chi connectivity index (χ3n) is 3.76. The first-order valence-corrected chi connectivity index (χ1v) is 8.73. The lowest BCUT2D eigenvalue weighted by Crippen LogP contribution is -2.47. The minimum absolute atomic E-state index is 0.0239. The highest BCUT2D eigenvalue weighted by molar-refractivity contribution is 7.99. The topological polar surface area (TPSA) is 110 Å². The van der Waals surface area contributed by atoms with Crippen LogP contribution in [0.5, 0.6) is 0 Å². The Bertz CT molecular complexity index is 700. The van der Waals surface area contributed by atoms with Crippen molar-refractivity contribution in [1.82, 2.24) is 15.0 Å². The van der Waals surface area contributed by atoms with Gasteiger partial charge in [0.1, 0.15) is 6.26 Å². The maximum atomic E-state index is 12.4. The molecule has 1 aliphatic heterocycles. The quantitative estimate of drug-likeness (QED) is 0.837. The number of aliphatic carboxylic acids is 1. The summed E-state index contributed by atoms with van der Waals surface area (Å²) in [6, 6.07) is 1.47. The Labute approximate surface area is 142 Å². The standard InChI is InChI=1S/C15H17N3O5S/c19-13(18-4-6-24-9-11(18)7-14(20)21)2-1-12-16-15(17-23-12)10-3-5-22-8-10/h3,5,8,11H,1-2,4,6-7,9H2,(H,20,21). The minimum atomic E-state index is -0.887. The summed E-state index contributed by atoms with van der Waals surface area (Å²) in [7, 11) is 0. The molecular formula is C15H17N3O5S. The molecule has 2 aromatic heterocycles. The summed E-state index contributed by atoms with van der Waals surface area (Å²) in [5, 5.41) is 12.8. The molecule has 1 saturated heterocycles. The van der Waals surface area contributed by atoms with Gasteiger partial charge in [-0.05, 0) is 6.07 Å². The van der Waals surface area contributed by atoms with Crippen molar-refractivity contribution >= 4 is 23.6 Å². The average molecular weight is 351 g/mol. The number of amides is 1. The minimum Gasteiger partial charge on any atom is -0.481 e. The van der Waals surface area contributed by atoms with E-state index in [4.69, 9.17) is 14.0 Å². The highest BCUT2D eigenvalue weighted by Gasteiger charge is 2.28. The summed E-state index contributed by atoms with van der Waals surface area (Å²) < 4.78 is 10.1. The molecule has 1 fully saturated rings. The van der Waals surface area contributed by atoms with Crippen LogP contribution < -0.4 is 0 Å². The Morgan fingerprint density at radius 1 is 1.46 bits per heavy atom. The van der Waals surface area contributed by atoms with Crippen molar-refractivity contribution in [3.8, 4) is 11.4 Å². The van der Waals surface area contributed by atoms with Gasteiger partial charge >= 0.3 is 5.97 Å². The summed E-state index contributed by atoms with van der Waals surface area (Å²) in [5.41, 5.74) is 0.714. The number of hydrogen-bond acceptors (Lipinski definition) is 7. The Morgan fingerprint density at radius 3 is 3.08 bits per heavy atom. The van der Waals surface area contributed by atoms with Crippen molar-refractivity contribution < 1.29 is 23.6 Å². The zero-order valence-electron chi connectivity index (χ0n) is 12.9. The van der Waals surface area contributed by atoms with Gasteiger partial charge in [0.05, 0.1) is 24.3 Å². The molecule has 0 aromatic carbocycles. The van der Waals surface area contributed by atoms with Gasteiger partial charge in [-0.2, -0.15) is 16.7 Å². The summed E-state index contributed by atoms with van der Waals surface area (Å²) in [4.78, 5) is 29.3. The van der Waals surface area contributed by atoms with Gasteiger partial charge in [-0.3, -0.25) is 9.59 Å². The molecule has 0 aliphatic carbocycles. The van der Waals surface area contributed by atoms with Crippen LogP contribution in [-0.4, -0.2) is 56.1 Å². The van der Waals surface area contributed by atoms with Gasteiger partial charge in [-0.25, -0.2) is 0 Å². The van der Waals surface area contributed by atoms with E-state index in [0.717, 1.165) is 5.75 Å². The van der Waals surface area contributed by atoms with E-state index in [1.807, 2.05) is 0 Å². The van der Waals surface area contributed by atoms with Gasteiger partial charge in [-0.15, -0.1) is 0 Å². The van der Waals surface area contributed by atoms with Gasteiger partial charge in [-0.1, -0.05) is 5.16 Å². The number of carbonyl (C=O) groups is 2. The average Bonchev–Trinajstić information content (AvgIpc) is 3.24. The SMILES string of the molecule is O=C(O)CC1CSCCN1C(=O)CCc1nc(-c2ccoc2)no1. The monoisotopic (exact) mass is 351 g/mol. The van der Waals surface area contributed by atoms with Crippen LogP contribution in [0.4, 0.5) is 0 Å². The third kappa shape index (κ3) is 3.97. The van der Waals surface area contributed by atoms with Crippen LogP contribution in [-0.2, 0) is 16.0 Å². The summed E-state index contributed by atoms with van der Waals surface area (Å²) >= 11 is 1.68. The van der Waals surface area contributed by atoms with Crippen molar-refractivity contribution in [2.24, 2.45) is 0 Å². The molecule has 1 amide bonds. The van der Waals surface area contributed by atoms with E-state index < -0.39 is 5.97 Å². The number of carbonyl (C=O) groups excluding carboxylic acids is 1. The Hall–Kier alpha value is -2.29. The van der Waals surface area contributed by atoms with Crippen LogP contribution in [0.15, 0.2) is 27.5 Å². The van der Waals surface area contributed by atoms with Crippen molar-refractivity contribution in [2.45, 2.75) is 25.3 Å². The maximum Gasteiger partial charge on any atom is 0.305 e. The smallest absolute Gasteiger partial charge is 0.305 e. The van der Waals surface area contributed by atoms with E-state index >= 15 is 0 Å². The molecule has 0 radical (unpaired) electrons. The predicted molar refractivity (Wildman–Crippen MR) is 85.4 cm³/mol. The molecule has 1 atom stereocenters. The van der Waals surface area contributed by atoms with Gasteiger partial charge in [0.25, 0.3) is 0 Å². The van der Waals surface area contributed by atoms with Crippen LogP contribution in [0.2, 0.25) is 0 Å². The van der Waals surface area contributed by atoms with Crippen molar-refractivity contribution in [1.29, 1.82) is 0 Å². The van der Waals surface area contributed by atoms with Crippen LogP contribution >= 0.6 is 11.8 Å². The Balaban J connectivity index is 1.57. The molecule has 1 N–H and O–H groups in total. The molecule has 2 aromatic rings. The number of rotatable bonds is 6. The molecule has 1 aliphatic rings. The largest absolute Gasteiger partial charge is 0.481 e. The second-order valence-electron chi connectivity index (χ2n) is 5.44. The number of aryl methyl sites for hydroxylation is 1. The second-order valence-corrected chi connectivity index (χ2v) is 6.59. The van der Waals surface area contributed by atoms with E-state index in [1.165, 1.54) is 12.5 Å². The van der Waals surface area contributed by atoms with Gasteiger partial charge in [0.2, 0.25) is 17.6 Å². The lowest BCUT2D eigenvalue weighted by Gasteiger charge is -2.34. The zero-order chi connectivity index (χ0) is 16.9. The van der Waals surface area contributed by atoms with E-state index in [0.29, 0.717) is 36.0 Å². The number of hydrogen-bond donors (Lipinski definition) is 1. The fourth-order valence-corrected chi connectivity index (χ4v) is 3.64. The fraction of sp³-hybridized carbons (Fsp3) is 0.467. The number of carboxylic acid groups (broad SMARTS) is 1. The van der Waals surface area contributed by atoms with Crippen molar-refractivity contribution in [3.05, 3.63) is 24.5 Å². The first kappa shape index (κ1) is 16.6. The van der Waals surface area contributed by atoms with Gasteiger partial charge in [0.15, 0.2) is 0 Å². The Morgan fingerprint density at radius 2 is 2.33 bits per heavy atom. The fourth-order valence-electron chi connectivity index (χ4n) is 2.58. The van der Waals surface area contributed by atoms with Crippen molar-refractivity contribution in [2.75, 3.05) is 18.1 Å². The predicted octanol–water partition coefficient (Wildman–Crippen LogP) is 1.68. The zero-order valence-corrected chi connectivity index (χ0v) is 13.7. The van der Waals surface area contributed by atoms with E-state index in [1.54, 1.807) is 22.7 Å². The van der Waals surface area contributed by atoms with E-state index in [-0.39, 0.29) is 24.8 Å². The molecule has 24 heavy (non-hydrogen) atoms. The number of carboxylic acids is 1. The molecule has 3 heterocycles. The molecule has 3 rings (SSSR count). The van der Waals surface area contributed by atoms with E-state index in [2.05, 4.69) is 10.1 Å². The molecular weight excluding hydrogens is 334 g/mol. The highest BCUT2D eigenvalue weighted by atomic mass is 32.2. The van der Waals surface area contributed by atoms with Crippen molar-refractivity contribution in [3.63, 3.8) is 0 Å². The Kier molecular flexibility index (Phi) is 5.19. The maximum absolute atomic E-state index is 12.4. The van der Waals surface area contributed by atoms with Crippen LogP contribution in [0.3, 0.4) is 0 Å². The highest BCUT2D eigenvalue weighted by Crippen LogP contribution is 2.21. The van der Waals surface area contributed by atoms with Crippen LogP contribution in [0.25, 0.3) is 11.4 Å². The first-order chi connectivity index (χ1) is 11.6.